The van der Waals surface area contributed by atoms with E-state index in [0.29, 0.717) is 18.4 Å². The summed E-state index contributed by atoms with van der Waals surface area (Å²) >= 11 is 0. The zero-order chi connectivity index (χ0) is 17.3. The number of aromatic nitrogens is 2. The molecule has 1 aromatic heterocycles. The first-order valence-corrected chi connectivity index (χ1v) is 8.21. The van der Waals surface area contributed by atoms with Crippen molar-refractivity contribution in [3.8, 4) is 0 Å². The molecule has 1 saturated heterocycles. The quantitative estimate of drug-likeness (QED) is 0.920. The fourth-order valence-corrected chi connectivity index (χ4v) is 3.12. The molecular formula is C18H22N2O4. The van der Waals surface area contributed by atoms with E-state index in [1.807, 2.05) is 37.3 Å². The summed E-state index contributed by atoms with van der Waals surface area (Å²) in [5, 5.41) is 10.0. The number of aliphatic hydroxyl groups is 1. The van der Waals surface area contributed by atoms with Crippen molar-refractivity contribution in [2.75, 3.05) is 0 Å². The molecule has 0 aliphatic carbocycles. The third kappa shape index (κ3) is 3.07. The average Bonchev–Trinajstić information content (AvgIpc) is 2.96. The lowest BCUT2D eigenvalue weighted by Crippen LogP contribution is -2.42. The zero-order valence-corrected chi connectivity index (χ0v) is 13.9. The Morgan fingerprint density at radius 2 is 1.96 bits per heavy atom. The summed E-state index contributed by atoms with van der Waals surface area (Å²) in [6.45, 7) is 3.83. The summed E-state index contributed by atoms with van der Waals surface area (Å²) in [6, 6.07) is 9.39. The van der Waals surface area contributed by atoms with Crippen LogP contribution in [-0.2, 0) is 11.3 Å². The molecule has 24 heavy (non-hydrogen) atoms. The van der Waals surface area contributed by atoms with Gasteiger partial charge in [-0.2, -0.15) is 0 Å². The van der Waals surface area contributed by atoms with Gasteiger partial charge in [-0.15, -0.1) is 0 Å². The van der Waals surface area contributed by atoms with Crippen molar-refractivity contribution in [2.24, 2.45) is 0 Å². The van der Waals surface area contributed by atoms with Gasteiger partial charge in [0.2, 0.25) is 0 Å². The Hall–Kier alpha value is -2.18. The van der Waals surface area contributed by atoms with Gasteiger partial charge in [-0.25, -0.2) is 4.79 Å². The molecule has 1 fully saturated rings. The molecule has 6 heteroatoms. The van der Waals surface area contributed by atoms with Crippen LogP contribution in [0.2, 0.25) is 0 Å². The topological polar surface area (TPSA) is 73.5 Å². The van der Waals surface area contributed by atoms with Crippen molar-refractivity contribution in [1.82, 2.24) is 9.13 Å². The predicted molar refractivity (Wildman–Crippen MR) is 90.1 cm³/mol. The summed E-state index contributed by atoms with van der Waals surface area (Å²) < 4.78 is 8.44. The highest BCUT2D eigenvalue weighted by atomic mass is 16.5. The molecule has 0 saturated carbocycles. The van der Waals surface area contributed by atoms with Gasteiger partial charge in [0.1, 0.15) is 6.23 Å². The van der Waals surface area contributed by atoms with E-state index in [1.165, 1.54) is 15.3 Å². The lowest BCUT2D eigenvalue weighted by atomic mass is 10.1. The number of ether oxygens (including phenoxy) is 1. The molecule has 6 nitrogen and oxygen atoms in total. The number of hydrogen-bond acceptors (Lipinski definition) is 4. The Kier molecular flexibility index (Phi) is 4.69. The van der Waals surface area contributed by atoms with Crippen LogP contribution in [0.3, 0.4) is 0 Å². The van der Waals surface area contributed by atoms with Gasteiger partial charge in [0.25, 0.3) is 5.56 Å². The van der Waals surface area contributed by atoms with Crippen LogP contribution in [-0.4, -0.2) is 26.4 Å². The Morgan fingerprint density at radius 1 is 1.25 bits per heavy atom. The average molecular weight is 330 g/mol. The van der Waals surface area contributed by atoms with Crippen LogP contribution in [0.1, 0.15) is 37.1 Å². The monoisotopic (exact) mass is 330 g/mol. The molecule has 1 aliphatic heterocycles. The largest absolute Gasteiger partial charge is 0.390 e. The molecule has 1 unspecified atom stereocenters. The Labute approximate surface area is 139 Å². The molecule has 3 rings (SSSR count). The standard InChI is InChI=1S/C18H22N2O4/c1-3-15-14(21)9-16(24-15)19-10-12(2)17(22)20(18(19)23)11-13-7-5-4-6-8-13/h4-8,10,14-16,21H,3,9,11H2,1-2H3/t14?,15-,16-/m1/s1. The van der Waals surface area contributed by atoms with Gasteiger partial charge >= 0.3 is 5.69 Å². The second-order valence-corrected chi connectivity index (χ2v) is 6.22. The summed E-state index contributed by atoms with van der Waals surface area (Å²) in [5.41, 5.74) is 0.644. The van der Waals surface area contributed by atoms with E-state index in [9.17, 15) is 14.7 Å². The lowest BCUT2D eigenvalue weighted by molar-refractivity contribution is -0.0223. The van der Waals surface area contributed by atoms with E-state index in [-0.39, 0.29) is 18.2 Å². The zero-order valence-electron chi connectivity index (χ0n) is 13.9. The van der Waals surface area contributed by atoms with E-state index in [2.05, 4.69) is 0 Å². The summed E-state index contributed by atoms with van der Waals surface area (Å²) in [6.07, 6.45) is 1.13. The second kappa shape index (κ2) is 6.75. The molecular weight excluding hydrogens is 308 g/mol. The van der Waals surface area contributed by atoms with Crippen LogP contribution in [0.25, 0.3) is 0 Å². The van der Waals surface area contributed by atoms with Crippen molar-refractivity contribution in [3.63, 3.8) is 0 Å². The fraction of sp³-hybridized carbons (Fsp3) is 0.444. The van der Waals surface area contributed by atoms with Crippen LogP contribution in [0.5, 0.6) is 0 Å². The molecule has 1 N–H and O–H groups in total. The molecule has 0 amide bonds. The highest BCUT2D eigenvalue weighted by Crippen LogP contribution is 2.29. The Bertz CT molecular complexity index is 825. The third-order valence-corrected chi connectivity index (χ3v) is 4.47. The molecule has 2 aromatic rings. The molecule has 2 heterocycles. The van der Waals surface area contributed by atoms with Gasteiger partial charge in [-0.3, -0.25) is 13.9 Å². The van der Waals surface area contributed by atoms with E-state index in [4.69, 9.17) is 4.74 Å². The van der Waals surface area contributed by atoms with Crippen LogP contribution in [0, 0.1) is 6.92 Å². The van der Waals surface area contributed by atoms with Crippen molar-refractivity contribution in [3.05, 3.63) is 68.5 Å². The molecule has 0 bridgehead atoms. The van der Waals surface area contributed by atoms with Crippen LogP contribution in [0.15, 0.2) is 46.1 Å². The minimum atomic E-state index is -0.596. The van der Waals surface area contributed by atoms with E-state index in [0.717, 1.165) is 5.56 Å². The van der Waals surface area contributed by atoms with Gasteiger partial charge in [0.05, 0.1) is 18.8 Å². The van der Waals surface area contributed by atoms with Gasteiger partial charge in [-0.1, -0.05) is 37.3 Å². The smallest absolute Gasteiger partial charge is 0.333 e. The number of aryl methyl sites for hydroxylation is 1. The maximum absolute atomic E-state index is 12.8. The molecule has 0 spiro atoms. The highest BCUT2D eigenvalue weighted by Gasteiger charge is 2.34. The minimum Gasteiger partial charge on any atom is -0.390 e. The highest BCUT2D eigenvalue weighted by molar-refractivity contribution is 5.16. The number of rotatable bonds is 4. The maximum Gasteiger partial charge on any atom is 0.333 e. The fourth-order valence-electron chi connectivity index (χ4n) is 3.12. The first-order valence-electron chi connectivity index (χ1n) is 8.21. The van der Waals surface area contributed by atoms with Crippen molar-refractivity contribution < 1.29 is 9.84 Å². The van der Waals surface area contributed by atoms with E-state index >= 15 is 0 Å². The van der Waals surface area contributed by atoms with Gasteiger partial charge < -0.3 is 9.84 Å². The lowest BCUT2D eigenvalue weighted by Gasteiger charge is -2.17. The van der Waals surface area contributed by atoms with Gasteiger partial charge in [0.15, 0.2) is 0 Å². The van der Waals surface area contributed by atoms with Crippen molar-refractivity contribution in [2.45, 2.75) is 51.7 Å². The maximum atomic E-state index is 12.8. The Balaban J connectivity index is 2.01. The molecule has 1 aromatic carbocycles. The van der Waals surface area contributed by atoms with E-state index in [1.54, 1.807) is 6.92 Å². The molecule has 3 atom stereocenters. The number of benzene rings is 1. The number of hydrogen-bond donors (Lipinski definition) is 1. The normalized spacial score (nSPS) is 23.5. The van der Waals surface area contributed by atoms with Crippen LogP contribution < -0.4 is 11.2 Å². The van der Waals surface area contributed by atoms with Crippen LogP contribution >= 0.6 is 0 Å². The summed E-state index contributed by atoms with van der Waals surface area (Å²) in [4.78, 5) is 25.2. The van der Waals surface area contributed by atoms with Gasteiger partial charge in [0, 0.05) is 18.2 Å². The second-order valence-electron chi connectivity index (χ2n) is 6.22. The first-order chi connectivity index (χ1) is 11.5. The first kappa shape index (κ1) is 16.7. The SMILES string of the molecule is CC[C@H]1O[C@@H](n2cc(C)c(=O)n(Cc3ccccc3)c2=O)CC1O. The Morgan fingerprint density at radius 3 is 2.58 bits per heavy atom. The van der Waals surface area contributed by atoms with E-state index < -0.39 is 18.0 Å². The summed E-state index contributed by atoms with van der Waals surface area (Å²) in [7, 11) is 0. The number of nitrogens with zero attached hydrogens (tertiary/aromatic N) is 2. The van der Waals surface area contributed by atoms with Crippen molar-refractivity contribution in [1.29, 1.82) is 0 Å². The van der Waals surface area contributed by atoms with Crippen LogP contribution in [0.4, 0.5) is 0 Å². The predicted octanol–water partition coefficient (Wildman–Crippen LogP) is 1.43. The molecule has 1 aliphatic rings. The summed E-state index contributed by atoms with van der Waals surface area (Å²) in [5.74, 6) is 0. The van der Waals surface area contributed by atoms with Gasteiger partial charge in [-0.05, 0) is 18.9 Å². The number of aliphatic hydroxyl groups excluding tert-OH is 1. The minimum absolute atomic E-state index is 0.215. The molecule has 0 radical (unpaired) electrons. The molecule has 128 valence electrons. The third-order valence-electron chi connectivity index (χ3n) is 4.47. The van der Waals surface area contributed by atoms with Crippen molar-refractivity contribution >= 4 is 0 Å².